The summed E-state index contributed by atoms with van der Waals surface area (Å²) in [6.07, 6.45) is 0.0455. The molecule has 0 rings (SSSR count). The third kappa shape index (κ3) is 7.70. The Morgan fingerprint density at radius 2 is 1.62 bits per heavy atom. The molecule has 0 aromatic rings. The van der Waals surface area contributed by atoms with Crippen molar-refractivity contribution in [1.82, 2.24) is 0 Å². The fraction of sp³-hybridized carbons (Fsp3) is 1.00. The fourth-order valence-electron chi connectivity index (χ4n) is 0.267. The predicted molar refractivity (Wildman–Crippen MR) is 33.8 cm³/mol. The zero-order chi connectivity index (χ0) is 6.78. The first-order valence-electron chi connectivity index (χ1n) is 2.16. The van der Waals surface area contributed by atoms with Crippen molar-refractivity contribution in [2.75, 3.05) is 0 Å². The Kier molecular flexibility index (Phi) is 4.57. The molecule has 0 saturated carbocycles. The summed E-state index contributed by atoms with van der Waals surface area (Å²) in [4.78, 5) is 0. The molecule has 0 N–H and O–H groups in total. The second kappa shape index (κ2) is 3.77. The predicted octanol–water partition coefficient (Wildman–Crippen LogP) is 2.94. The van der Waals surface area contributed by atoms with Crippen molar-refractivity contribution < 1.29 is 19.7 Å². The van der Waals surface area contributed by atoms with Gasteiger partial charge in [-0.25, -0.2) is 0 Å². The van der Waals surface area contributed by atoms with Crippen LogP contribution >= 0.6 is 25.7 Å². The summed E-state index contributed by atoms with van der Waals surface area (Å²) in [6.45, 7) is 3.70. The van der Waals surface area contributed by atoms with E-state index in [2.05, 4.69) is 0 Å². The van der Waals surface area contributed by atoms with Gasteiger partial charge in [0, 0.05) is 0 Å². The number of rotatable bonds is 2. The van der Waals surface area contributed by atoms with Crippen LogP contribution in [0, 0.1) is 0 Å². The molecule has 0 aliphatic heterocycles. The normalized spacial score (nSPS) is 12.8. The second-order valence-corrected chi connectivity index (χ2v) is 23.5. The molecule has 0 amide bonds. The standard InChI is InChI=1S/C3H7O.3ClH.Hf/c1-3(2)4;;;;/h3H,1-2H3;3*1H;/q-1;;;;+4/p-3. The Hall–Kier alpha value is 1.70. The van der Waals surface area contributed by atoms with Gasteiger partial charge in [-0.1, -0.05) is 0 Å². The maximum absolute atomic E-state index is 5.46. The van der Waals surface area contributed by atoms with E-state index in [4.69, 9.17) is 28.6 Å². The van der Waals surface area contributed by atoms with E-state index in [0.717, 1.165) is 0 Å². The van der Waals surface area contributed by atoms with E-state index in [9.17, 15) is 0 Å². The topological polar surface area (TPSA) is 9.23 Å². The monoisotopic (exact) mass is 344 g/mol. The minimum atomic E-state index is -3.55. The van der Waals surface area contributed by atoms with Crippen molar-refractivity contribution in [3.05, 3.63) is 0 Å². The summed E-state index contributed by atoms with van der Waals surface area (Å²) in [5.74, 6) is 0. The summed E-state index contributed by atoms with van der Waals surface area (Å²) < 4.78 is 4.96. The molecule has 0 aromatic heterocycles. The first-order valence-corrected chi connectivity index (χ1v) is 17.0. The molecule has 8 heavy (non-hydrogen) atoms. The van der Waals surface area contributed by atoms with E-state index < -0.39 is 16.9 Å². The quantitative estimate of drug-likeness (QED) is 0.700. The van der Waals surface area contributed by atoms with Crippen LogP contribution in [0.25, 0.3) is 0 Å². The molecule has 0 spiro atoms. The van der Waals surface area contributed by atoms with Gasteiger partial charge in [-0.3, -0.25) is 0 Å². The summed E-state index contributed by atoms with van der Waals surface area (Å²) in [5.41, 5.74) is 0. The number of hydrogen-bond acceptors (Lipinski definition) is 1. The molecule has 0 atom stereocenters. The summed E-state index contributed by atoms with van der Waals surface area (Å²) in [7, 11) is 16.4. The molecule has 0 saturated heterocycles. The van der Waals surface area contributed by atoms with E-state index >= 15 is 0 Å². The van der Waals surface area contributed by atoms with Crippen LogP contribution in [0.15, 0.2) is 0 Å². The Balaban J connectivity index is 3.39. The van der Waals surface area contributed by atoms with Crippen molar-refractivity contribution in [1.29, 1.82) is 0 Å². The molecule has 50 valence electrons. The van der Waals surface area contributed by atoms with Gasteiger partial charge in [-0.15, -0.1) is 0 Å². The van der Waals surface area contributed by atoms with Crippen LogP contribution in [0.3, 0.4) is 0 Å². The first-order chi connectivity index (χ1) is 3.42. The van der Waals surface area contributed by atoms with E-state index in [1.54, 1.807) is 0 Å². The SMILES string of the molecule is CC(C)[O][Hf]([Cl])([Cl])[Cl]. The van der Waals surface area contributed by atoms with Gasteiger partial charge in [0.2, 0.25) is 0 Å². The number of halogens is 3. The van der Waals surface area contributed by atoms with Crippen LogP contribution in [0.4, 0.5) is 0 Å². The molecule has 0 unspecified atom stereocenters. The van der Waals surface area contributed by atoms with Gasteiger partial charge in [-0.05, 0) is 0 Å². The first kappa shape index (κ1) is 9.70. The van der Waals surface area contributed by atoms with Crippen LogP contribution < -0.4 is 0 Å². The van der Waals surface area contributed by atoms with Gasteiger partial charge < -0.3 is 0 Å². The van der Waals surface area contributed by atoms with E-state index in [-0.39, 0.29) is 6.10 Å². The molecule has 5 heteroatoms. The molecule has 0 bridgehead atoms. The van der Waals surface area contributed by atoms with Crippen molar-refractivity contribution in [3.63, 3.8) is 0 Å². The third-order valence-corrected chi connectivity index (χ3v) is 5.21. The summed E-state index contributed by atoms with van der Waals surface area (Å²) >= 11 is -3.55. The second-order valence-electron chi connectivity index (χ2n) is 1.61. The van der Waals surface area contributed by atoms with E-state index in [1.807, 2.05) is 13.8 Å². The Bertz CT molecular complexity index is 69.4. The number of hydrogen-bond donors (Lipinski definition) is 0. The van der Waals surface area contributed by atoms with Crippen molar-refractivity contribution >= 4 is 25.7 Å². The molecule has 0 aliphatic rings. The average Bonchev–Trinajstić information content (AvgIpc) is 1.21. The van der Waals surface area contributed by atoms with Crippen LogP contribution in [0.1, 0.15) is 13.8 Å². The van der Waals surface area contributed by atoms with Crippen LogP contribution in [0.2, 0.25) is 0 Å². The van der Waals surface area contributed by atoms with Crippen molar-refractivity contribution in [3.8, 4) is 0 Å². The van der Waals surface area contributed by atoms with Crippen LogP contribution in [-0.2, 0) is 19.7 Å². The van der Waals surface area contributed by atoms with E-state index in [1.165, 1.54) is 0 Å². The molecule has 0 aliphatic carbocycles. The van der Waals surface area contributed by atoms with Gasteiger partial charge in [-0.2, -0.15) is 0 Å². The molecular formula is C3H7Cl3HfO. The Morgan fingerprint density at radius 1 is 1.25 bits per heavy atom. The summed E-state index contributed by atoms with van der Waals surface area (Å²) in [6, 6.07) is 0. The molecule has 0 fully saturated rings. The zero-order valence-corrected chi connectivity index (χ0v) is 10.5. The molecule has 0 radical (unpaired) electrons. The fourth-order valence-corrected chi connectivity index (χ4v) is 6.56. The average molecular weight is 344 g/mol. The van der Waals surface area contributed by atoms with Gasteiger partial charge >= 0.3 is 65.4 Å². The minimum absolute atomic E-state index is 0.0455. The molecule has 0 aromatic carbocycles. The van der Waals surface area contributed by atoms with Crippen LogP contribution in [0.5, 0.6) is 0 Å². The third-order valence-electron chi connectivity index (χ3n) is 0.369. The molecule has 1 nitrogen and oxygen atoms in total. The Morgan fingerprint density at radius 3 is 1.62 bits per heavy atom. The van der Waals surface area contributed by atoms with Gasteiger partial charge in [0.1, 0.15) is 0 Å². The summed E-state index contributed by atoms with van der Waals surface area (Å²) in [5, 5.41) is 0. The van der Waals surface area contributed by atoms with Gasteiger partial charge in [0.05, 0.1) is 0 Å². The van der Waals surface area contributed by atoms with Crippen LogP contribution in [-0.4, -0.2) is 6.10 Å². The van der Waals surface area contributed by atoms with E-state index in [0.29, 0.717) is 0 Å². The van der Waals surface area contributed by atoms with Gasteiger partial charge in [0.25, 0.3) is 0 Å². The van der Waals surface area contributed by atoms with Gasteiger partial charge in [0.15, 0.2) is 0 Å². The molecular weight excluding hydrogens is 337 g/mol. The molecule has 0 heterocycles. The Labute approximate surface area is 64.9 Å². The van der Waals surface area contributed by atoms with Crippen molar-refractivity contribution in [2.45, 2.75) is 20.0 Å². The van der Waals surface area contributed by atoms with Crippen molar-refractivity contribution in [2.24, 2.45) is 0 Å². The zero-order valence-electron chi connectivity index (χ0n) is 4.62. The maximum atomic E-state index is 5.46.